The molecule has 1 saturated carbocycles. The number of aliphatic carboxylic acids is 1. The Morgan fingerprint density at radius 1 is 1.45 bits per heavy atom. The molecule has 1 rings (SSSR count). The first kappa shape index (κ1) is 16.9. The summed E-state index contributed by atoms with van der Waals surface area (Å²) in [6.07, 6.45) is 1.76. The Bertz CT molecular complexity index is 361. The number of nitrogens with two attached hydrogens (primary N) is 1. The van der Waals surface area contributed by atoms with Gasteiger partial charge < -0.3 is 21.3 Å². The van der Waals surface area contributed by atoms with Crippen LogP contribution in [0.2, 0.25) is 0 Å². The number of carboxylic acids is 1. The van der Waals surface area contributed by atoms with Crippen LogP contribution < -0.4 is 11.1 Å². The number of hydrogen-bond acceptors (Lipinski definition) is 4. The molecule has 4 atom stereocenters. The molecule has 0 bridgehead atoms. The highest BCUT2D eigenvalue weighted by molar-refractivity contribution is 5.76. The third kappa shape index (κ3) is 4.18. The van der Waals surface area contributed by atoms with Gasteiger partial charge in [-0.15, -0.1) is 0 Å². The number of aliphatic hydroxyl groups excluding tert-OH is 1. The van der Waals surface area contributed by atoms with Gasteiger partial charge in [-0.05, 0) is 38.0 Å². The lowest BCUT2D eigenvalue weighted by Gasteiger charge is -2.29. The average Bonchev–Trinajstić information content (AvgIpc) is 2.62. The van der Waals surface area contributed by atoms with Gasteiger partial charge in [-0.25, -0.2) is 0 Å². The molecule has 0 radical (unpaired) electrons. The Hall–Kier alpha value is -1.14. The zero-order valence-corrected chi connectivity index (χ0v) is 12.3. The highest BCUT2D eigenvalue weighted by Crippen LogP contribution is 2.43. The van der Waals surface area contributed by atoms with Crippen LogP contribution in [0, 0.1) is 11.3 Å². The maximum absolute atomic E-state index is 11.5. The monoisotopic (exact) mass is 286 g/mol. The maximum Gasteiger partial charge on any atom is 0.312 e. The molecule has 0 aromatic carbocycles. The van der Waals surface area contributed by atoms with Gasteiger partial charge in [0.15, 0.2) is 0 Å². The maximum atomic E-state index is 11.5. The van der Waals surface area contributed by atoms with Crippen LogP contribution in [0.3, 0.4) is 0 Å². The molecule has 0 aliphatic heterocycles. The number of hydrogen-bond donors (Lipinski definition) is 4. The van der Waals surface area contributed by atoms with Gasteiger partial charge in [0, 0.05) is 19.5 Å². The van der Waals surface area contributed by atoms with Gasteiger partial charge in [0.1, 0.15) is 0 Å². The lowest BCUT2D eigenvalue weighted by atomic mass is 9.77. The molecule has 116 valence electrons. The highest BCUT2D eigenvalue weighted by Gasteiger charge is 2.51. The standard InChI is InChI=1S/C14H26N2O4/c1-9(4-6-16-10(2)17)3-5-14(13(19)20)8-11(15)7-12(14)18/h9,11-12,18H,3-8,15H2,1-2H3,(H,16,17)(H,19,20)/t9-,11?,12?,14?/m0/s1. The minimum atomic E-state index is -1.10. The van der Waals surface area contributed by atoms with Crippen LogP contribution >= 0.6 is 0 Å². The second-order valence-electron chi connectivity index (χ2n) is 6.09. The van der Waals surface area contributed by atoms with Gasteiger partial charge in [0.25, 0.3) is 0 Å². The minimum Gasteiger partial charge on any atom is -0.481 e. The predicted molar refractivity (Wildman–Crippen MR) is 75.0 cm³/mol. The van der Waals surface area contributed by atoms with Gasteiger partial charge >= 0.3 is 5.97 Å². The molecule has 20 heavy (non-hydrogen) atoms. The molecule has 0 aromatic rings. The third-order valence-corrected chi connectivity index (χ3v) is 4.31. The fourth-order valence-electron chi connectivity index (χ4n) is 2.95. The molecule has 1 fully saturated rings. The van der Waals surface area contributed by atoms with E-state index in [4.69, 9.17) is 5.73 Å². The van der Waals surface area contributed by atoms with Crippen LogP contribution in [-0.4, -0.2) is 40.8 Å². The van der Waals surface area contributed by atoms with E-state index in [0.717, 1.165) is 6.42 Å². The molecule has 0 aromatic heterocycles. The van der Waals surface area contributed by atoms with Gasteiger partial charge in [-0.3, -0.25) is 9.59 Å². The Morgan fingerprint density at radius 3 is 2.55 bits per heavy atom. The predicted octanol–water partition coefficient (Wildman–Crippen LogP) is 0.482. The van der Waals surface area contributed by atoms with E-state index in [2.05, 4.69) is 5.32 Å². The van der Waals surface area contributed by atoms with Gasteiger partial charge in [-0.2, -0.15) is 0 Å². The van der Waals surface area contributed by atoms with Crippen molar-refractivity contribution in [2.24, 2.45) is 17.1 Å². The number of amides is 1. The first-order valence-electron chi connectivity index (χ1n) is 7.19. The molecule has 0 saturated heterocycles. The molecular formula is C14H26N2O4. The minimum absolute atomic E-state index is 0.0589. The van der Waals surface area contributed by atoms with E-state index in [1.54, 1.807) is 0 Å². The summed E-state index contributed by atoms with van der Waals surface area (Å²) in [6, 6.07) is -0.240. The molecule has 0 spiro atoms. The quantitative estimate of drug-likeness (QED) is 0.544. The first-order valence-corrected chi connectivity index (χ1v) is 7.19. The van der Waals surface area contributed by atoms with Crippen LogP contribution in [0.15, 0.2) is 0 Å². The fourth-order valence-corrected chi connectivity index (χ4v) is 2.95. The third-order valence-electron chi connectivity index (χ3n) is 4.31. The van der Waals surface area contributed by atoms with Crippen molar-refractivity contribution in [3.05, 3.63) is 0 Å². The van der Waals surface area contributed by atoms with Crippen molar-refractivity contribution in [3.63, 3.8) is 0 Å². The summed E-state index contributed by atoms with van der Waals surface area (Å²) in [5, 5.41) is 22.2. The normalized spacial score (nSPS) is 31.0. The summed E-state index contributed by atoms with van der Waals surface area (Å²) in [5.41, 5.74) is 4.69. The molecule has 3 unspecified atom stereocenters. The van der Waals surface area contributed by atoms with Crippen LogP contribution in [0.4, 0.5) is 0 Å². The molecule has 1 aliphatic rings. The molecule has 1 amide bonds. The first-order chi connectivity index (χ1) is 9.28. The lowest BCUT2D eigenvalue weighted by Crippen LogP contribution is -2.39. The number of rotatable bonds is 7. The van der Waals surface area contributed by atoms with E-state index in [1.165, 1.54) is 6.92 Å². The topological polar surface area (TPSA) is 113 Å². The van der Waals surface area contributed by atoms with Gasteiger partial charge in [0.2, 0.25) is 5.91 Å². The molecule has 0 heterocycles. The van der Waals surface area contributed by atoms with Gasteiger partial charge in [0.05, 0.1) is 11.5 Å². The zero-order valence-electron chi connectivity index (χ0n) is 12.3. The van der Waals surface area contributed by atoms with Crippen LogP contribution in [0.1, 0.15) is 46.0 Å². The van der Waals surface area contributed by atoms with Crippen LogP contribution in [0.25, 0.3) is 0 Å². The number of nitrogens with one attached hydrogen (secondary N) is 1. The second kappa shape index (κ2) is 7.04. The van der Waals surface area contributed by atoms with E-state index >= 15 is 0 Å². The smallest absolute Gasteiger partial charge is 0.312 e. The molecular weight excluding hydrogens is 260 g/mol. The van der Waals surface area contributed by atoms with E-state index in [0.29, 0.717) is 38.1 Å². The number of aliphatic hydroxyl groups is 1. The van der Waals surface area contributed by atoms with E-state index < -0.39 is 17.5 Å². The summed E-state index contributed by atoms with van der Waals surface area (Å²) in [4.78, 5) is 22.3. The van der Waals surface area contributed by atoms with E-state index in [9.17, 15) is 19.8 Å². The van der Waals surface area contributed by atoms with E-state index in [-0.39, 0.29) is 11.9 Å². The van der Waals surface area contributed by atoms with Gasteiger partial charge in [-0.1, -0.05) is 6.92 Å². The van der Waals surface area contributed by atoms with Crippen molar-refractivity contribution in [1.82, 2.24) is 5.32 Å². The molecule has 1 aliphatic carbocycles. The zero-order chi connectivity index (χ0) is 15.3. The Morgan fingerprint density at radius 2 is 2.10 bits per heavy atom. The van der Waals surface area contributed by atoms with Crippen LogP contribution in [-0.2, 0) is 9.59 Å². The number of carboxylic acid groups (broad SMARTS) is 1. The van der Waals surface area contributed by atoms with Crippen molar-refractivity contribution in [2.45, 2.75) is 58.1 Å². The molecule has 5 N–H and O–H groups in total. The largest absolute Gasteiger partial charge is 0.481 e. The van der Waals surface area contributed by atoms with Crippen molar-refractivity contribution in [1.29, 1.82) is 0 Å². The highest BCUT2D eigenvalue weighted by atomic mass is 16.4. The molecule has 6 nitrogen and oxygen atoms in total. The summed E-state index contributed by atoms with van der Waals surface area (Å²) in [5.74, 6) is -0.717. The molecule has 6 heteroatoms. The van der Waals surface area contributed by atoms with Crippen molar-refractivity contribution in [2.75, 3.05) is 6.54 Å². The van der Waals surface area contributed by atoms with Crippen molar-refractivity contribution >= 4 is 11.9 Å². The van der Waals surface area contributed by atoms with Crippen molar-refractivity contribution in [3.8, 4) is 0 Å². The van der Waals surface area contributed by atoms with E-state index in [1.807, 2.05) is 6.92 Å². The second-order valence-corrected chi connectivity index (χ2v) is 6.09. The summed E-state index contributed by atoms with van der Waals surface area (Å²) >= 11 is 0. The number of carbonyl (C=O) groups excluding carboxylic acids is 1. The summed E-state index contributed by atoms with van der Waals surface area (Å²) in [7, 11) is 0. The van der Waals surface area contributed by atoms with Crippen LogP contribution in [0.5, 0.6) is 0 Å². The summed E-state index contributed by atoms with van der Waals surface area (Å²) in [6.45, 7) is 4.09. The SMILES string of the molecule is CC(=O)NCC[C@@H](C)CCC1(C(=O)O)CC(N)CC1O. The summed E-state index contributed by atoms with van der Waals surface area (Å²) < 4.78 is 0. The fraction of sp³-hybridized carbons (Fsp3) is 0.857. The number of carbonyl (C=O) groups is 2. The van der Waals surface area contributed by atoms with Crippen molar-refractivity contribution < 1.29 is 19.8 Å². The lowest BCUT2D eigenvalue weighted by molar-refractivity contribution is -0.155. The Balaban J connectivity index is 2.48. The average molecular weight is 286 g/mol. The Labute approximate surface area is 119 Å². The Kier molecular flexibility index (Phi) is 5.95.